The Bertz CT molecular complexity index is 528. The molecule has 6 heteroatoms. The zero-order valence-electron chi connectivity index (χ0n) is 15.8. The highest BCUT2D eigenvalue weighted by Gasteiger charge is 2.09. The first-order valence-corrected chi connectivity index (χ1v) is 9.13. The zero-order valence-corrected chi connectivity index (χ0v) is 15.8. The fourth-order valence-electron chi connectivity index (χ4n) is 2.57. The van der Waals surface area contributed by atoms with Crippen LogP contribution < -0.4 is 15.4 Å². The lowest BCUT2D eigenvalue weighted by molar-refractivity contribution is 0.0389. The van der Waals surface area contributed by atoms with E-state index in [1.807, 2.05) is 12.1 Å². The highest BCUT2D eigenvalue weighted by Crippen LogP contribution is 2.14. The van der Waals surface area contributed by atoms with E-state index >= 15 is 0 Å². The van der Waals surface area contributed by atoms with E-state index in [1.54, 1.807) is 7.05 Å². The number of nitrogens with zero attached hydrogens (tertiary/aromatic N) is 2. The highest BCUT2D eigenvalue weighted by atomic mass is 16.5. The molecule has 0 spiro atoms. The molecular formula is C19H32N4O2. The first-order valence-electron chi connectivity index (χ1n) is 9.13. The second kappa shape index (κ2) is 10.9. The molecule has 0 atom stereocenters. The van der Waals surface area contributed by atoms with Crippen LogP contribution in [0.5, 0.6) is 5.75 Å². The quantitative estimate of drug-likeness (QED) is 0.553. The van der Waals surface area contributed by atoms with Crippen LogP contribution >= 0.6 is 0 Å². The molecule has 0 unspecified atom stereocenters. The minimum Gasteiger partial charge on any atom is -0.493 e. The van der Waals surface area contributed by atoms with Gasteiger partial charge in [-0.15, -0.1) is 0 Å². The van der Waals surface area contributed by atoms with Crippen LogP contribution in [0.1, 0.15) is 19.4 Å². The van der Waals surface area contributed by atoms with Gasteiger partial charge in [0, 0.05) is 39.8 Å². The molecule has 25 heavy (non-hydrogen) atoms. The van der Waals surface area contributed by atoms with Gasteiger partial charge in [0.2, 0.25) is 0 Å². The van der Waals surface area contributed by atoms with E-state index in [0.29, 0.717) is 5.92 Å². The maximum absolute atomic E-state index is 5.78. The lowest BCUT2D eigenvalue weighted by Crippen LogP contribution is -2.44. The van der Waals surface area contributed by atoms with Gasteiger partial charge in [0.05, 0.1) is 19.8 Å². The lowest BCUT2D eigenvalue weighted by atomic mass is 10.2. The van der Waals surface area contributed by atoms with Crippen LogP contribution in [0.3, 0.4) is 0 Å². The van der Waals surface area contributed by atoms with Crippen molar-refractivity contribution in [3.8, 4) is 5.75 Å². The van der Waals surface area contributed by atoms with Crippen LogP contribution in [0.4, 0.5) is 0 Å². The average molecular weight is 348 g/mol. The Balaban J connectivity index is 1.71. The SMILES string of the molecule is CN=C(NCCN1CCOCC1)NCc1cccc(OCC(C)C)c1. The number of nitrogens with one attached hydrogen (secondary N) is 2. The van der Waals surface area contributed by atoms with E-state index in [-0.39, 0.29) is 0 Å². The number of guanidine groups is 1. The summed E-state index contributed by atoms with van der Waals surface area (Å²) in [4.78, 5) is 6.69. The molecule has 140 valence electrons. The van der Waals surface area contributed by atoms with E-state index < -0.39 is 0 Å². The van der Waals surface area contributed by atoms with Gasteiger partial charge < -0.3 is 20.1 Å². The first kappa shape index (κ1) is 19.5. The third kappa shape index (κ3) is 7.75. The van der Waals surface area contributed by atoms with Crippen LogP contribution in [0.2, 0.25) is 0 Å². The predicted octanol–water partition coefficient (Wildman–Crippen LogP) is 1.72. The van der Waals surface area contributed by atoms with Crippen molar-refractivity contribution < 1.29 is 9.47 Å². The van der Waals surface area contributed by atoms with E-state index in [0.717, 1.165) is 64.3 Å². The number of benzene rings is 1. The molecule has 1 fully saturated rings. The van der Waals surface area contributed by atoms with Crippen molar-refractivity contribution in [2.24, 2.45) is 10.9 Å². The smallest absolute Gasteiger partial charge is 0.191 e. The molecule has 1 saturated heterocycles. The van der Waals surface area contributed by atoms with Crippen LogP contribution in [0, 0.1) is 5.92 Å². The van der Waals surface area contributed by atoms with Crippen molar-refractivity contribution >= 4 is 5.96 Å². The van der Waals surface area contributed by atoms with Crippen LogP contribution in [0.15, 0.2) is 29.3 Å². The molecule has 1 heterocycles. The van der Waals surface area contributed by atoms with Crippen molar-refractivity contribution in [3.05, 3.63) is 29.8 Å². The molecule has 2 N–H and O–H groups in total. The van der Waals surface area contributed by atoms with Gasteiger partial charge in [-0.3, -0.25) is 9.89 Å². The van der Waals surface area contributed by atoms with Gasteiger partial charge in [0.1, 0.15) is 5.75 Å². The number of rotatable bonds is 8. The maximum atomic E-state index is 5.78. The molecule has 6 nitrogen and oxygen atoms in total. The molecule has 1 aliphatic heterocycles. The summed E-state index contributed by atoms with van der Waals surface area (Å²) in [5.74, 6) is 2.27. The summed E-state index contributed by atoms with van der Waals surface area (Å²) in [6.45, 7) is 11.3. The Morgan fingerprint density at radius 3 is 2.80 bits per heavy atom. The van der Waals surface area contributed by atoms with Gasteiger partial charge in [-0.1, -0.05) is 26.0 Å². The molecule has 1 aliphatic rings. The second-order valence-corrected chi connectivity index (χ2v) is 6.66. The Hall–Kier alpha value is -1.79. The minimum atomic E-state index is 0.524. The molecule has 1 aromatic rings. The predicted molar refractivity (Wildman–Crippen MR) is 102 cm³/mol. The van der Waals surface area contributed by atoms with E-state index in [9.17, 15) is 0 Å². The molecular weight excluding hydrogens is 316 g/mol. The third-order valence-corrected chi connectivity index (χ3v) is 3.99. The average Bonchev–Trinajstić information content (AvgIpc) is 2.64. The van der Waals surface area contributed by atoms with Gasteiger partial charge in [-0.25, -0.2) is 0 Å². The molecule has 0 amide bonds. The molecule has 0 radical (unpaired) electrons. The summed E-state index contributed by atoms with van der Waals surface area (Å²) in [5.41, 5.74) is 1.18. The van der Waals surface area contributed by atoms with Crippen molar-refractivity contribution in [2.75, 3.05) is 53.0 Å². The maximum Gasteiger partial charge on any atom is 0.191 e. The van der Waals surface area contributed by atoms with Crippen LogP contribution in [-0.4, -0.2) is 63.9 Å². The molecule has 0 aromatic heterocycles. The minimum absolute atomic E-state index is 0.524. The number of ether oxygens (including phenoxy) is 2. The molecule has 1 aromatic carbocycles. The lowest BCUT2D eigenvalue weighted by Gasteiger charge is -2.26. The fourth-order valence-corrected chi connectivity index (χ4v) is 2.57. The molecule has 0 aliphatic carbocycles. The Morgan fingerprint density at radius 1 is 1.28 bits per heavy atom. The summed E-state index contributed by atoms with van der Waals surface area (Å²) in [6.07, 6.45) is 0. The molecule has 0 saturated carbocycles. The fraction of sp³-hybridized carbons (Fsp3) is 0.632. The summed E-state index contributed by atoms with van der Waals surface area (Å²) < 4.78 is 11.2. The van der Waals surface area contributed by atoms with Crippen molar-refractivity contribution in [3.63, 3.8) is 0 Å². The summed E-state index contributed by atoms with van der Waals surface area (Å²) in [7, 11) is 1.80. The monoisotopic (exact) mass is 348 g/mol. The van der Waals surface area contributed by atoms with Gasteiger partial charge >= 0.3 is 0 Å². The standard InChI is InChI=1S/C19H32N4O2/c1-16(2)15-25-18-6-4-5-17(13-18)14-22-19(20-3)21-7-8-23-9-11-24-12-10-23/h4-6,13,16H,7-12,14-15H2,1-3H3,(H2,20,21,22). The number of hydrogen-bond acceptors (Lipinski definition) is 4. The Kier molecular flexibility index (Phi) is 8.55. The van der Waals surface area contributed by atoms with E-state index in [4.69, 9.17) is 9.47 Å². The molecule has 0 bridgehead atoms. The van der Waals surface area contributed by atoms with Gasteiger partial charge in [0.25, 0.3) is 0 Å². The normalized spacial score (nSPS) is 16.1. The van der Waals surface area contributed by atoms with Crippen molar-refractivity contribution in [2.45, 2.75) is 20.4 Å². The van der Waals surface area contributed by atoms with Crippen LogP contribution in [-0.2, 0) is 11.3 Å². The van der Waals surface area contributed by atoms with Crippen molar-refractivity contribution in [1.29, 1.82) is 0 Å². The van der Waals surface area contributed by atoms with Crippen molar-refractivity contribution in [1.82, 2.24) is 15.5 Å². The summed E-state index contributed by atoms with van der Waals surface area (Å²) in [5, 5.41) is 6.72. The Labute approximate surface area is 151 Å². The highest BCUT2D eigenvalue weighted by molar-refractivity contribution is 5.79. The van der Waals surface area contributed by atoms with Gasteiger partial charge in [-0.2, -0.15) is 0 Å². The summed E-state index contributed by atoms with van der Waals surface area (Å²) in [6, 6.07) is 8.20. The largest absolute Gasteiger partial charge is 0.493 e. The zero-order chi connectivity index (χ0) is 17.9. The number of hydrogen-bond donors (Lipinski definition) is 2. The second-order valence-electron chi connectivity index (χ2n) is 6.66. The topological polar surface area (TPSA) is 58.1 Å². The van der Waals surface area contributed by atoms with Gasteiger partial charge in [-0.05, 0) is 23.6 Å². The summed E-state index contributed by atoms with van der Waals surface area (Å²) >= 11 is 0. The van der Waals surface area contributed by atoms with E-state index in [2.05, 4.69) is 46.5 Å². The Morgan fingerprint density at radius 2 is 2.08 bits per heavy atom. The number of aliphatic imine (C=N–C) groups is 1. The number of morpholine rings is 1. The third-order valence-electron chi connectivity index (χ3n) is 3.99. The van der Waals surface area contributed by atoms with E-state index in [1.165, 1.54) is 5.56 Å². The first-order chi connectivity index (χ1) is 12.2. The van der Waals surface area contributed by atoms with Gasteiger partial charge in [0.15, 0.2) is 5.96 Å². The molecule has 2 rings (SSSR count). The van der Waals surface area contributed by atoms with Crippen LogP contribution in [0.25, 0.3) is 0 Å².